The highest BCUT2D eigenvalue weighted by atomic mass is 19.1. The quantitative estimate of drug-likeness (QED) is 0.351. The van der Waals surface area contributed by atoms with Crippen molar-refractivity contribution < 1.29 is 18.7 Å². The first-order chi connectivity index (χ1) is 14.8. The van der Waals surface area contributed by atoms with Gasteiger partial charge >= 0.3 is 5.97 Å². The Morgan fingerprint density at radius 2 is 1.81 bits per heavy atom. The van der Waals surface area contributed by atoms with E-state index in [1.54, 1.807) is 30.5 Å². The van der Waals surface area contributed by atoms with Crippen molar-refractivity contribution in [3.8, 4) is 0 Å². The second kappa shape index (κ2) is 8.10. The van der Waals surface area contributed by atoms with Gasteiger partial charge in [-0.15, -0.1) is 5.10 Å². The van der Waals surface area contributed by atoms with Gasteiger partial charge in [0.1, 0.15) is 5.82 Å². The summed E-state index contributed by atoms with van der Waals surface area (Å²) >= 11 is 0. The monoisotopic (exact) mass is 421 g/mol. The summed E-state index contributed by atoms with van der Waals surface area (Å²) in [6.45, 7) is 5.59. The van der Waals surface area contributed by atoms with E-state index in [2.05, 4.69) is 15.1 Å². The standard InChI is InChI=1S/C22H20FN5O3/c1-13-8-9-24-22-25-20(26-28(13)22)21(30)31-12-19(29)18-10-14(2)27(15(18)3)11-16-4-6-17(23)7-5-16/h4-10H,11-12H2,1-3H3. The predicted molar refractivity (Wildman–Crippen MR) is 110 cm³/mol. The molecule has 0 bridgehead atoms. The zero-order chi connectivity index (χ0) is 22.1. The lowest BCUT2D eigenvalue weighted by atomic mass is 10.1. The summed E-state index contributed by atoms with van der Waals surface area (Å²) in [4.78, 5) is 33.1. The lowest BCUT2D eigenvalue weighted by Crippen LogP contribution is -2.16. The van der Waals surface area contributed by atoms with Crippen molar-refractivity contribution in [2.75, 3.05) is 6.61 Å². The molecule has 0 atom stereocenters. The number of nitrogens with zero attached hydrogens (tertiary/aromatic N) is 5. The summed E-state index contributed by atoms with van der Waals surface area (Å²) in [7, 11) is 0. The van der Waals surface area contributed by atoms with E-state index in [-0.39, 0.29) is 23.2 Å². The molecule has 0 N–H and O–H groups in total. The Balaban J connectivity index is 1.46. The first-order valence-corrected chi connectivity index (χ1v) is 9.63. The van der Waals surface area contributed by atoms with Crippen molar-refractivity contribution in [2.45, 2.75) is 27.3 Å². The number of ether oxygens (including phenoxy) is 1. The van der Waals surface area contributed by atoms with Gasteiger partial charge in [-0.1, -0.05) is 12.1 Å². The maximum Gasteiger partial charge on any atom is 0.378 e. The lowest BCUT2D eigenvalue weighted by molar-refractivity contribution is 0.0462. The van der Waals surface area contributed by atoms with E-state index in [0.29, 0.717) is 12.1 Å². The molecule has 0 aliphatic rings. The van der Waals surface area contributed by atoms with Crippen LogP contribution in [0, 0.1) is 26.6 Å². The number of fused-ring (bicyclic) bond motifs is 1. The van der Waals surface area contributed by atoms with Crippen LogP contribution >= 0.6 is 0 Å². The molecular weight excluding hydrogens is 401 g/mol. The highest BCUT2D eigenvalue weighted by molar-refractivity contribution is 6.00. The molecule has 0 radical (unpaired) electrons. The fourth-order valence-electron chi connectivity index (χ4n) is 3.37. The van der Waals surface area contributed by atoms with Crippen LogP contribution in [0.5, 0.6) is 0 Å². The largest absolute Gasteiger partial charge is 0.451 e. The topological polar surface area (TPSA) is 91.4 Å². The van der Waals surface area contributed by atoms with E-state index >= 15 is 0 Å². The van der Waals surface area contributed by atoms with E-state index in [0.717, 1.165) is 22.6 Å². The molecule has 9 heteroatoms. The van der Waals surface area contributed by atoms with Gasteiger partial charge in [-0.3, -0.25) is 4.79 Å². The molecule has 0 spiro atoms. The molecule has 0 aliphatic carbocycles. The SMILES string of the molecule is Cc1cc(C(=O)COC(=O)c2nc3nccc(C)n3n2)c(C)n1Cc1ccc(F)cc1. The van der Waals surface area contributed by atoms with Gasteiger partial charge < -0.3 is 9.30 Å². The fraction of sp³-hybridized carbons (Fsp3) is 0.227. The summed E-state index contributed by atoms with van der Waals surface area (Å²) < 4.78 is 21.7. The zero-order valence-corrected chi connectivity index (χ0v) is 17.3. The van der Waals surface area contributed by atoms with Crippen molar-refractivity contribution in [1.29, 1.82) is 0 Å². The number of hydrogen-bond acceptors (Lipinski definition) is 6. The number of esters is 1. The van der Waals surface area contributed by atoms with Crippen LogP contribution in [0.3, 0.4) is 0 Å². The molecule has 3 heterocycles. The highest BCUT2D eigenvalue weighted by Gasteiger charge is 2.20. The second-order valence-electron chi connectivity index (χ2n) is 7.23. The maximum absolute atomic E-state index is 13.1. The third-order valence-corrected chi connectivity index (χ3v) is 5.07. The van der Waals surface area contributed by atoms with E-state index in [1.807, 2.05) is 25.3 Å². The molecule has 31 heavy (non-hydrogen) atoms. The van der Waals surface area contributed by atoms with Gasteiger partial charge in [0, 0.05) is 35.4 Å². The Morgan fingerprint density at radius 3 is 2.52 bits per heavy atom. The molecule has 0 saturated carbocycles. The number of carbonyl (C=O) groups is 2. The Bertz CT molecular complexity index is 1290. The number of Topliss-reactive ketones (excluding diaryl/α,β-unsaturated/α-hetero) is 1. The van der Waals surface area contributed by atoms with Gasteiger partial charge in [-0.05, 0) is 50.6 Å². The van der Waals surface area contributed by atoms with Crippen molar-refractivity contribution in [3.05, 3.63) is 82.4 Å². The number of hydrogen-bond donors (Lipinski definition) is 0. The molecule has 1 aromatic carbocycles. The van der Waals surface area contributed by atoms with Crippen molar-refractivity contribution in [2.24, 2.45) is 0 Å². The molecule has 0 amide bonds. The fourth-order valence-corrected chi connectivity index (χ4v) is 3.37. The Morgan fingerprint density at radius 1 is 1.06 bits per heavy atom. The van der Waals surface area contributed by atoms with Gasteiger partial charge in [-0.2, -0.15) is 4.98 Å². The summed E-state index contributed by atoms with van der Waals surface area (Å²) in [6, 6.07) is 9.71. The molecule has 0 unspecified atom stereocenters. The number of aryl methyl sites for hydroxylation is 2. The minimum Gasteiger partial charge on any atom is -0.451 e. The molecule has 3 aromatic heterocycles. The van der Waals surface area contributed by atoms with Crippen LogP contribution in [0.2, 0.25) is 0 Å². The van der Waals surface area contributed by atoms with Gasteiger partial charge in [-0.25, -0.2) is 18.7 Å². The van der Waals surface area contributed by atoms with Crippen LogP contribution in [-0.2, 0) is 11.3 Å². The van der Waals surface area contributed by atoms with E-state index < -0.39 is 12.6 Å². The van der Waals surface area contributed by atoms with Gasteiger partial charge in [0.25, 0.3) is 11.6 Å². The highest BCUT2D eigenvalue weighted by Crippen LogP contribution is 2.18. The molecule has 0 fully saturated rings. The molecule has 4 aromatic rings. The van der Waals surface area contributed by atoms with Crippen molar-refractivity contribution in [3.63, 3.8) is 0 Å². The summed E-state index contributed by atoms with van der Waals surface area (Å²) in [5.74, 6) is -1.30. The van der Waals surface area contributed by atoms with Crippen molar-refractivity contribution >= 4 is 17.5 Å². The number of carbonyl (C=O) groups excluding carboxylic acids is 2. The van der Waals surface area contributed by atoms with E-state index in [4.69, 9.17) is 4.74 Å². The summed E-state index contributed by atoms with van der Waals surface area (Å²) in [6.07, 6.45) is 1.57. The van der Waals surface area contributed by atoms with Gasteiger partial charge in [0.15, 0.2) is 6.61 Å². The Hall–Kier alpha value is -3.88. The molecule has 158 valence electrons. The maximum atomic E-state index is 13.1. The predicted octanol–water partition coefficient (Wildman–Crippen LogP) is 3.08. The van der Waals surface area contributed by atoms with Crippen LogP contribution < -0.4 is 0 Å². The first kappa shape index (κ1) is 20.4. The molecule has 8 nitrogen and oxygen atoms in total. The van der Waals surface area contributed by atoms with Gasteiger partial charge in [0.05, 0.1) is 0 Å². The normalized spacial score (nSPS) is 11.1. The average molecular weight is 421 g/mol. The Kier molecular flexibility index (Phi) is 5.33. The third kappa shape index (κ3) is 4.07. The van der Waals surface area contributed by atoms with Crippen molar-refractivity contribution in [1.82, 2.24) is 24.1 Å². The van der Waals surface area contributed by atoms with Gasteiger partial charge in [0.2, 0.25) is 5.78 Å². The van der Waals surface area contributed by atoms with Crippen LogP contribution in [0.4, 0.5) is 4.39 Å². The van der Waals surface area contributed by atoms with Crippen LogP contribution in [0.25, 0.3) is 5.78 Å². The third-order valence-electron chi connectivity index (χ3n) is 5.07. The summed E-state index contributed by atoms with van der Waals surface area (Å²) in [5.41, 5.74) is 3.76. The van der Waals surface area contributed by atoms with E-state index in [9.17, 15) is 14.0 Å². The smallest absolute Gasteiger partial charge is 0.378 e. The number of halogens is 1. The second-order valence-corrected chi connectivity index (χ2v) is 7.23. The minimum atomic E-state index is -0.793. The lowest BCUT2D eigenvalue weighted by Gasteiger charge is -2.10. The van der Waals surface area contributed by atoms with Crippen LogP contribution in [-0.4, -0.2) is 42.5 Å². The number of ketones is 1. The first-order valence-electron chi connectivity index (χ1n) is 9.63. The molecule has 0 aliphatic heterocycles. The average Bonchev–Trinajstić information content (AvgIpc) is 3.31. The molecular formula is C22H20FN5O3. The number of rotatable bonds is 6. The Labute approximate surface area is 177 Å². The van der Waals surface area contributed by atoms with E-state index in [1.165, 1.54) is 16.6 Å². The number of aromatic nitrogens is 5. The zero-order valence-electron chi connectivity index (χ0n) is 17.3. The summed E-state index contributed by atoms with van der Waals surface area (Å²) in [5, 5.41) is 4.08. The molecule has 0 saturated heterocycles. The van der Waals surface area contributed by atoms with Crippen LogP contribution in [0.1, 0.15) is 43.6 Å². The minimum absolute atomic E-state index is 0.156. The van der Waals surface area contributed by atoms with Crippen LogP contribution in [0.15, 0.2) is 42.6 Å². The molecule has 4 rings (SSSR count). The number of benzene rings is 1.